The van der Waals surface area contributed by atoms with Gasteiger partial charge in [0.05, 0.1) is 5.52 Å². The molecule has 21 heavy (non-hydrogen) atoms. The molecule has 0 spiro atoms. The molecule has 0 atom stereocenters. The topological polar surface area (TPSA) is 24.9 Å². The summed E-state index contributed by atoms with van der Waals surface area (Å²) >= 11 is 0. The van der Waals surface area contributed by atoms with Crippen molar-refractivity contribution in [3.63, 3.8) is 0 Å². The molecule has 1 aromatic heterocycles. The molecular weight excluding hydrogens is 256 g/mol. The van der Waals surface area contributed by atoms with Crippen molar-refractivity contribution in [1.82, 2.24) is 10.3 Å². The van der Waals surface area contributed by atoms with Gasteiger partial charge >= 0.3 is 0 Å². The predicted molar refractivity (Wildman–Crippen MR) is 88.3 cm³/mol. The van der Waals surface area contributed by atoms with Gasteiger partial charge in [-0.2, -0.15) is 0 Å². The van der Waals surface area contributed by atoms with Crippen LogP contribution in [0.2, 0.25) is 0 Å². The molecule has 0 unspecified atom stereocenters. The van der Waals surface area contributed by atoms with Gasteiger partial charge in [-0.25, -0.2) is 0 Å². The van der Waals surface area contributed by atoms with Crippen LogP contribution >= 0.6 is 0 Å². The van der Waals surface area contributed by atoms with E-state index in [-0.39, 0.29) is 0 Å². The highest BCUT2D eigenvalue weighted by Crippen LogP contribution is 2.15. The Hall–Kier alpha value is -2.19. The number of fused-ring (bicyclic) bond motifs is 1. The fourth-order valence-electron chi connectivity index (χ4n) is 2.65. The number of nitrogens with one attached hydrogen (secondary N) is 1. The molecule has 0 fully saturated rings. The van der Waals surface area contributed by atoms with Crippen molar-refractivity contribution in [2.24, 2.45) is 0 Å². The SMILES string of the molecule is Cc1ccccc1CCNCc1cccc2cccnc12. The number of benzene rings is 2. The maximum atomic E-state index is 4.49. The van der Waals surface area contributed by atoms with E-state index >= 15 is 0 Å². The van der Waals surface area contributed by atoms with Gasteiger partial charge in [0.25, 0.3) is 0 Å². The van der Waals surface area contributed by atoms with Crippen LogP contribution in [0.5, 0.6) is 0 Å². The van der Waals surface area contributed by atoms with E-state index in [0.717, 1.165) is 25.0 Å². The minimum atomic E-state index is 0.861. The molecule has 1 heterocycles. The van der Waals surface area contributed by atoms with Crippen molar-refractivity contribution < 1.29 is 0 Å². The normalized spacial score (nSPS) is 10.9. The van der Waals surface area contributed by atoms with Crippen molar-refractivity contribution in [3.8, 4) is 0 Å². The average Bonchev–Trinajstić information content (AvgIpc) is 2.53. The monoisotopic (exact) mass is 276 g/mol. The number of pyridine rings is 1. The molecule has 0 bridgehead atoms. The number of aryl methyl sites for hydroxylation is 1. The Balaban J connectivity index is 1.61. The molecule has 0 aliphatic rings. The summed E-state index contributed by atoms with van der Waals surface area (Å²) in [5, 5.41) is 4.73. The molecule has 0 amide bonds. The highest BCUT2D eigenvalue weighted by atomic mass is 14.8. The molecule has 2 nitrogen and oxygen atoms in total. The number of nitrogens with zero attached hydrogens (tertiary/aromatic N) is 1. The van der Waals surface area contributed by atoms with Gasteiger partial charge < -0.3 is 5.32 Å². The first-order valence-corrected chi connectivity index (χ1v) is 7.42. The number of hydrogen-bond acceptors (Lipinski definition) is 2. The Bertz CT molecular complexity index is 729. The van der Waals surface area contributed by atoms with Gasteiger partial charge in [0.2, 0.25) is 0 Å². The van der Waals surface area contributed by atoms with Crippen LogP contribution in [0.3, 0.4) is 0 Å². The molecule has 1 N–H and O–H groups in total. The quantitative estimate of drug-likeness (QED) is 0.715. The van der Waals surface area contributed by atoms with E-state index in [1.54, 1.807) is 0 Å². The largest absolute Gasteiger partial charge is 0.312 e. The highest BCUT2D eigenvalue weighted by Gasteiger charge is 2.01. The van der Waals surface area contributed by atoms with Crippen molar-refractivity contribution >= 4 is 10.9 Å². The molecule has 0 radical (unpaired) electrons. The van der Waals surface area contributed by atoms with E-state index < -0.39 is 0 Å². The van der Waals surface area contributed by atoms with Gasteiger partial charge in [0, 0.05) is 18.1 Å². The molecular formula is C19H20N2. The lowest BCUT2D eigenvalue weighted by molar-refractivity contribution is 0.687. The summed E-state index contributed by atoms with van der Waals surface area (Å²) in [4.78, 5) is 4.49. The third-order valence-corrected chi connectivity index (χ3v) is 3.86. The Morgan fingerprint density at radius 3 is 2.62 bits per heavy atom. The second kappa shape index (κ2) is 6.51. The Labute approximate surface area is 125 Å². The van der Waals surface area contributed by atoms with Gasteiger partial charge in [0.15, 0.2) is 0 Å². The van der Waals surface area contributed by atoms with Crippen LogP contribution in [0.25, 0.3) is 10.9 Å². The minimum Gasteiger partial charge on any atom is -0.312 e. The van der Waals surface area contributed by atoms with Crippen molar-refractivity contribution in [2.75, 3.05) is 6.54 Å². The molecule has 0 saturated heterocycles. The second-order valence-electron chi connectivity index (χ2n) is 5.35. The van der Waals surface area contributed by atoms with Crippen molar-refractivity contribution in [3.05, 3.63) is 77.5 Å². The second-order valence-corrected chi connectivity index (χ2v) is 5.35. The van der Waals surface area contributed by atoms with Crippen molar-refractivity contribution in [2.45, 2.75) is 19.9 Å². The van der Waals surface area contributed by atoms with Crippen LogP contribution in [-0.2, 0) is 13.0 Å². The Morgan fingerprint density at radius 1 is 0.905 bits per heavy atom. The number of rotatable bonds is 5. The Kier molecular flexibility index (Phi) is 4.27. The zero-order valence-corrected chi connectivity index (χ0v) is 12.3. The summed E-state index contributed by atoms with van der Waals surface area (Å²) in [6.07, 6.45) is 2.92. The average molecular weight is 276 g/mol. The summed E-state index contributed by atoms with van der Waals surface area (Å²) < 4.78 is 0. The van der Waals surface area contributed by atoms with Crippen LogP contribution in [0.4, 0.5) is 0 Å². The molecule has 2 heteroatoms. The predicted octanol–water partition coefficient (Wildman–Crippen LogP) is 3.88. The summed E-state index contributed by atoms with van der Waals surface area (Å²) in [5.74, 6) is 0. The molecule has 0 aliphatic carbocycles. The van der Waals surface area contributed by atoms with E-state index in [0.29, 0.717) is 0 Å². The first-order valence-electron chi connectivity index (χ1n) is 7.42. The third-order valence-electron chi connectivity index (χ3n) is 3.86. The van der Waals surface area contributed by atoms with E-state index in [1.807, 2.05) is 12.3 Å². The van der Waals surface area contributed by atoms with Gasteiger partial charge in [-0.15, -0.1) is 0 Å². The molecule has 0 aliphatic heterocycles. The fourth-order valence-corrected chi connectivity index (χ4v) is 2.65. The van der Waals surface area contributed by atoms with Crippen LogP contribution < -0.4 is 5.32 Å². The van der Waals surface area contributed by atoms with E-state index in [4.69, 9.17) is 0 Å². The zero-order valence-electron chi connectivity index (χ0n) is 12.3. The maximum absolute atomic E-state index is 4.49. The first-order chi connectivity index (χ1) is 10.3. The van der Waals surface area contributed by atoms with E-state index in [9.17, 15) is 0 Å². The van der Waals surface area contributed by atoms with Gasteiger partial charge in [-0.05, 0) is 42.6 Å². The van der Waals surface area contributed by atoms with Crippen LogP contribution in [0.1, 0.15) is 16.7 Å². The summed E-state index contributed by atoms with van der Waals surface area (Å²) in [6.45, 7) is 4.01. The zero-order chi connectivity index (χ0) is 14.5. The number of aromatic nitrogens is 1. The molecule has 0 saturated carbocycles. The lowest BCUT2D eigenvalue weighted by Gasteiger charge is -2.09. The van der Waals surface area contributed by atoms with Crippen molar-refractivity contribution in [1.29, 1.82) is 0 Å². The summed E-state index contributed by atoms with van der Waals surface area (Å²) in [6, 6.07) is 19.0. The van der Waals surface area contributed by atoms with Crippen LogP contribution in [0, 0.1) is 6.92 Å². The standard InChI is InChI=1S/C19H20N2/c1-15-6-2-3-7-16(15)11-13-20-14-18-9-4-8-17-10-5-12-21-19(17)18/h2-10,12,20H,11,13-14H2,1H3. The third kappa shape index (κ3) is 3.29. The molecule has 2 aromatic carbocycles. The molecule has 106 valence electrons. The lowest BCUT2D eigenvalue weighted by atomic mass is 10.1. The van der Waals surface area contributed by atoms with Crippen LogP contribution in [0.15, 0.2) is 60.8 Å². The lowest BCUT2D eigenvalue weighted by Crippen LogP contribution is -2.17. The van der Waals surface area contributed by atoms with Crippen LogP contribution in [-0.4, -0.2) is 11.5 Å². The number of para-hydroxylation sites is 1. The number of hydrogen-bond donors (Lipinski definition) is 1. The van der Waals surface area contributed by atoms with Gasteiger partial charge in [-0.1, -0.05) is 48.5 Å². The minimum absolute atomic E-state index is 0.861. The Morgan fingerprint density at radius 2 is 1.71 bits per heavy atom. The fraction of sp³-hybridized carbons (Fsp3) is 0.211. The smallest absolute Gasteiger partial charge is 0.0746 e. The first kappa shape index (κ1) is 13.8. The van der Waals surface area contributed by atoms with E-state index in [1.165, 1.54) is 22.1 Å². The maximum Gasteiger partial charge on any atom is 0.0746 e. The molecule has 3 rings (SSSR count). The molecule has 3 aromatic rings. The van der Waals surface area contributed by atoms with Gasteiger partial charge in [-0.3, -0.25) is 4.98 Å². The highest BCUT2D eigenvalue weighted by molar-refractivity contribution is 5.81. The summed E-state index contributed by atoms with van der Waals surface area (Å²) in [5.41, 5.74) is 5.15. The summed E-state index contributed by atoms with van der Waals surface area (Å²) in [7, 11) is 0. The van der Waals surface area contributed by atoms with Gasteiger partial charge in [0.1, 0.15) is 0 Å². The van der Waals surface area contributed by atoms with E-state index in [2.05, 4.69) is 65.8 Å².